The predicted octanol–water partition coefficient (Wildman–Crippen LogP) is 4.93. The van der Waals surface area contributed by atoms with Crippen molar-refractivity contribution in [2.45, 2.75) is 27.2 Å². The van der Waals surface area contributed by atoms with E-state index in [9.17, 15) is 0 Å². The molecular weight excluding hydrogens is 380 g/mol. The Kier molecular flexibility index (Phi) is 7.71. The lowest BCUT2D eigenvalue weighted by molar-refractivity contribution is 0.357. The molecular formula is C20H25ClN4OS. The van der Waals surface area contributed by atoms with Gasteiger partial charge in [-0.2, -0.15) is 9.36 Å². The van der Waals surface area contributed by atoms with Crippen molar-refractivity contribution in [2.75, 3.05) is 20.1 Å². The molecule has 1 aromatic carbocycles. The van der Waals surface area contributed by atoms with E-state index in [-0.39, 0.29) is 12.4 Å². The average Bonchev–Trinajstić information content (AvgIpc) is 3.12. The van der Waals surface area contributed by atoms with Gasteiger partial charge in [-0.05, 0) is 68.8 Å². The van der Waals surface area contributed by atoms with E-state index >= 15 is 0 Å². The van der Waals surface area contributed by atoms with Gasteiger partial charge in [-0.15, -0.1) is 12.4 Å². The summed E-state index contributed by atoms with van der Waals surface area (Å²) in [5.74, 6) is 1.51. The molecule has 144 valence electrons. The van der Waals surface area contributed by atoms with Crippen molar-refractivity contribution in [3.8, 4) is 22.3 Å². The topological polar surface area (TPSA) is 51.1 Å². The quantitative estimate of drug-likeness (QED) is 0.559. The second-order valence-electron chi connectivity index (χ2n) is 6.41. The van der Waals surface area contributed by atoms with Crippen LogP contribution in [0.2, 0.25) is 0 Å². The highest BCUT2D eigenvalue weighted by atomic mass is 35.5. The van der Waals surface area contributed by atoms with Gasteiger partial charge in [-0.25, -0.2) is 0 Å². The first-order valence-corrected chi connectivity index (χ1v) is 9.54. The van der Waals surface area contributed by atoms with Crippen molar-refractivity contribution < 1.29 is 4.74 Å². The molecule has 2 aromatic heterocycles. The summed E-state index contributed by atoms with van der Waals surface area (Å²) in [6.45, 7) is 8.51. The van der Waals surface area contributed by atoms with Gasteiger partial charge in [0, 0.05) is 36.0 Å². The normalized spacial score (nSPS) is 10.7. The molecule has 0 saturated heterocycles. The lowest BCUT2D eigenvalue weighted by Gasteiger charge is -2.16. The van der Waals surface area contributed by atoms with Crippen LogP contribution in [0.1, 0.15) is 23.6 Å². The number of hydrogen-bond acceptors (Lipinski definition) is 6. The number of pyridine rings is 1. The van der Waals surface area contributed by atoms with Gasteiger partial charge in [0.15, 0.2) is 5.82 Å². The van der Waals surface area contributed by atoms with Gasteiger partial charge >= 0.3 is 0 Å². The smallest absolute Gasteiger partial charge is 0.299 e. The highest BCUT2D eigenvalue weighted by molar-refractivity contribution is 7.07. The number of likely N-dealkylation sites (N-methyl/N-ethyl adjacent to an activating group) is 1. The molecule has 0 atom stereocenters. The molecule has 2 heterocycles. The zero-order chi connectivity index (χ0) is 18.5. The first kappa shape index (κ1) is 21.3. The van der Waals surface area contributed by atoms with Crippen LogP contribution in [0.4, 0.5) is 0 Å². The van der Waals surface area contributed by atoms with Crippen LogP contribution in [-0.2, 0) is 6.42 Å². The van der Waals surface area contributed by atoms with Gasteiger partial charge in [0.1, 0.15) is 5.75 Å². The number of ether oxygens (including phenoxy) is 1. The molecule has 0 amide bonds. The molecule has 7 heteroatoms. The molecule has 0 aliphatic heterocycles. The molecule has 0 bridgehead atoms. The summed E-state index contributed by atoms with van der Waals surface area (Å²) in [4.78, 5) is 10.8. The van der Waals surface area contributed by atoms with Crippen molar-refractivity contribution in [3.05, 3.63) is 53.3 Å². The van der Waals surface area contributed by atoms with E-state index in [2.05, 4.69) is 59.2 Å². The standard InChI is InChI=1S/C20H24N4OS.ClH/c1-5-24(4)11-8-17-12-15(3)18(13-14(17)2)25-20-22-19(23-26-20)16-6-9-21-10-7-16;/h6-7,9-10,12-13H,5,8,11H2,1-4H3;1H. The molecule has 27 heavy (non-hydrogen) atoms. The summed E-state index contributed by atoms with van der Waals surface area (Å²) < 4.78 is 10.4. The second kappa shape index (κ2) is 9.78. The Morgan fingerprint density at radius 2 is 1.85 bits per heavy atom. The van der Waals surface area contributed by atoms with Gasteiger partial charge in [-0.1, -0.05) is 13.0 Å². The van der Waals surface area contributed by atoms with Crippen LogP contribution in [-0.4, -0.2) is 39.4 Å². The average molecular weight is 405 g/mol. The second-order valence-corrected chi connectivity index (χ2v) is 7.13. The number of benzene rings is 1. The number of rotatable bonds is 7. The van der Waals surface area contributed by atoms with Crippen LogP contribution < -0.4 is 4.74 Å². The zero-order valence-electron chi connectivity index (χ0n) is 16.1. The summed E-state index contributed by atoms with van der Waals surface area (Å²) in [6.07, 6.45) is 4.51. The number of hydrogen-bond donors (Lipinski definition) is 0. The first-order chi connectivity index (χ1) is 12.6. The Hall–Kier alpha value is -2.02. The minimum Gasteiger partial charge on any atom is -0.430 e. The number of aryl methyl sites for hydroxylation is 2. The third-order valence-corrected chi connectivity index (χ3v) is 5.07. The Morgan fingerprint density at radius 1 is 1.11 bits per heavy atom. The van der Waals surface area contributed by atoms with Gasteiger partial charge in [0.25, 0.3) is 5.19 Å². The predicted molar refractivity (Wildman–Crippen MR) is 113 cm³/mol. The van der Waals surface area contributed by atoms with E-state index in [0.717, 1.165) is 36.4 Å². The SMILES string of the molecule is CCN(C)CCc1cc(C)c(Oc2nc(-c3ccncc3)ns2)cc1C.Cl. The number of nitrogens with zero attached hydrogens (tertiary/aromatic N) is 4. The van der Waals surface area contributed by atoms with Crippen molar-refractivity contribution in [2.24, 2.45) is 0 Å². The molecule has 3 aromatic rings. The van der Waals surface area contributed by atoms with Crippen LogP contribution in [0.5, 0.6) is 10.9 Å². The molecule has 0 N–H and O–H groups in total. The summed E-state index contributed by atoms with van der Waals surface area (Å²) in [7, 11) is 2.15. The van der Waals surface area contributed by atoms with E-state index < -0.39 is 0 Å². The zero-order valence-corrected chi connectivity index (χ0v) is 17.7. The third kappa shape index (κ3) is 5.48. The summed E-state index contributed by atoms with van der Waals surface area (Å²) >= 11 is 1.26. The Bertz CT molecular complexity index is 870. The molecule has 5 nitrogen and oxygen atoms in total. The monoisotopic (exact) mass is 404 g/mol. The fraction of sp³-hybridized carbons (Fsp3) is 0.350. The van der Waals surface area contributed by atoms with E-state index in [4.69, 9.17) is 4.74 Å². The Labute approximate surface area is 171 Å². The maximum atomic E-state index is 6.01. The van der Waals surface area contributed by atoms with Crippen LogP contribution in [0.3, 0.4) is 0 Å². The van der Waals surface area contributed by atoms with E-state index in [0.29, 0.717) is 11.0 Å². The fourth-order valence-corrected chi connectivity index (χ4v) is 3.23. The Morgan fingerprint density at radius 3 is 2.56 bits per heavy atom. The molecule has 0 spiro atoms. The Balaban J connectivity index is 0.00000261. The fourth-order valence-electron chi connectivity index (χ4n) is 2.66. The summed E-state index contributed by atoms with van der Waals surface area (Å²) in [6, 6.07) is 8.11. The van der Waals surface area contributed by atoms with Gasteiger partial charge in [0.05, 0.1) is 0 Å². The largest absolute Gasteiger partial charge is 0.430 e. The lowest BCUT2D eigenvalue weighted by atomic mass is 10.0. The maximum absolute atomic E-state index is 6.01. The molecule has 0 aliphatic carbocycles. The third-order valence-electron chi connectivity index (χ3n) is 4.48. The molecule has 3 rings (SSSR count). The van der Waals surface area contributed by atoms with Crippen molar-refractivity contribution in [1.82, 2.24) is 19.2 Å². The molecule has 0 saturated carbocycles. The van der Waals surface area contributed by atoms with Gasteiger partial charge in [0.2, 0.25) is 0 Å². The van der Waals surface area contributed by atoms with Crippen LogP contribution in [0.25, 0.3) is 11.4 Å². The first-order valence-electron chi connectivity index (χ1n) is 8.77. The van der Waals surface area contributed by atoms with Crippen LogP contribution in [0, 0.1) is 13.8 Å². The van der Waals surface area contributed by atoms with Gasteiger partial charge < -0.3 is 9.64 Å². The molecule has 0 unspecified atom stereocenters. The number of halogens is 1. The van der Waals surface area contributed by atoms with E-state index in [1.807, 2.05) is 12.1 Å². The minimum atomic E-state index is 0. The highest BCUT2D eigenvalue weighted by Crippen LogP contribution is 2.31. The van der Waals surface area contributed by atoms with Crippen molar-refractivity contribution in [3.63, 3.8) is 0 Å². The lowest BCUT2D eigenvalue weighted by Crippen LogP contribution is -2.20. The van der Waals surface area contributed by atoms with Crippen molar-refractivity contribution >= 4 is 23.9 Å². The van der Waals surface area contributed by atoms with Crippen LogP contribution in [0.15, 0.2) is 36.7 Å². The molecule has 0 fully saturated rings. The number of aromatic nitrogens is 3. The van der Waals surface area contributed by atoms with Gasteiger partial charge in [-0.3, -0.25) is 4.98 Å². The minimum absolute atomic E-state index is 0. The van der Waals surface area contributed by atoms with Crippen molar-refractivity contribution in [1.29, 1.82) is 0 Å². The highest BCUT2D eigenvalue weighted by Gasteiger charge is 2.12. The van der Waals surface area contributed by atoms with Crippen LogP contribution >= 0.6 is 23.9 Å². The maximum Gasteiger partial charge on any atom is 0.299 e. The summed E-state index contributed by atoms with van der Waals surface area (Å²) in [5.41, 5.74) is 4.67. The molecule has 0 aliphatic rings. The van der Waals surface area contributed by atoms with E-state index in [1.165, 1.54) is 22.7 Å². The summed E-state index contributed by atoms with van der Waals surface area (Å²) in [5, 5.41) is 0.553. The molecule has 0 radical (unpaired) electrons. The van der Waals surface area contributed by atoms with E-state index in [1.54, 1.807) is 12.4 Å².